The number of ether oxygens (including phenoxy) is 2. The van der Waals surface area contributed by atoms with Crippen LogP contribution in [0.15, 0.2) is 17.0 Å². The maximum Gasteiger partial charge on any atom is 0.294 e. The molecule has 0 N–H and O–H groups in total. The van der Waals surface area contributed by atoms with Gasteiger partial charge in [0, 0.05) is 13.1 Å². The Morgan fingerprint density at radius 3 is 2.52 bits per heavy atom. The van der Waals surface area contributed by atoms with Gasteiger partial charge in [-0.3, -0.25) is 19.3 Å². The predicted molar refractivity (Wildman–Crippen MR) is 120 cm³/mol. The molecule has 2 heterocycles. The molecule has 0 spiro atoms. The molecular weight excluding hydrogens is 507 g/mol. The summed E-state index contributed by atoms with van der Waals surface area (Å²) in [5, 5.41) is -0.417. The topological polar surface area (TPSA) is 76.2 Å². The molecule has 3 rings (SSSR count). The molecule has 1 aromatic rings. The van der Waals surface area contributed by atoms with E-state index in [1.54, 1.807) is 17.0 Å². The van der Waals surface area contributed by atoms with Crippen molar-refractivity contribution in [2.45, 2.75) is 26.7 Å². The van der Waals surface area contributed by atoms with Gasteiger partial charge in [-0.1, -0.05) is 0 Å². The number of rotatable bonds is 7. The van der Waals surface area contributed by atoms with Crippen LogP contribution < -0.4 is 9.47 Å². The average Bonchev–Trinajstić information content (AvgIpc) is 3.30. The van der Waals surface area contributed by atoms with Crippen LogP contribution in [0, 0.1) is 3.57 Å². The zero-order valence-electron chi connectivity index (χ0n) is 16.4. The van der Waals surface area contributed by atoms with Crippen LogP contribution in [0.4, 0.5) is 4.79 Å². The van der Waals surface area contributed by atoms with Crippen molar-refractivity contribution in [3.63, 3.8) is 0 Å². The fourth-order valence-corrected chi connectivity index (χ4v) is 4.83. The Bertz CT molecular complexity index is 852. The maximum atomic E-state index is 12.7. The van der Waals surface area contributed by atoms with Gasteiger partial charge in [0.2, 0.25) is 5.91 Å². The minimum atomic E-state index is -0.436. The highest BCUT2D eigenvalue weighted by Gasteiger charge is 2.37. The van der Waals surface area contributed by atoms with Gasteiger partial charge in [0.1, 0.15) is 6.54 Å². The normalized spacial score (nSPS) is 18.1. The third-order valence-electron chi connectivity index (χ3n) is 4.54. The van der Waals surface area contributed by atoms with Gasteiger partial charge in [0.25, 0.3) is 11.1 Å². The van der Waals surface area contributed by atoms with Gasteiger partial charge >= 0.3 is 0 Å². The first-order valence-corrected chi connectivity index (χ1v) is 11.5. The molecule has 29 heavy (non-hydrogen) atoms. The Kier molecular flexibility index (Phi) is 7.44. The largest absolute Gasteiger partial charge is 0.490 e. The summed E-state index contributed by atoms with van der Waals surface area (Å²) in [6, 6.07) is 3.66. The second kappa shape index (κ2) is 9.84. The molecule has 7 nitrogen and oxygen atoms in total. The second-order valence-electron chi connectivity index (χ2n) is 6.55. The molecule has 1 aromatic carbocycles. The Hall–Kier alpha value is -1.75. The van der Waals surface area contributed by atoms with Gasteiger partial charge in [0.05, 0.1) is 21.7 Å². The Morgan fingerprint density at radius 2 is 1.86 bits per heavy atom. The fourth-order valence-electron chi connectivity index (χ4n) is 3.21. The van der Waals surface area contributed by atoms with Gasteiger partial charge in [0.15, 0.2) is 11.5 Å². The zero-order chi connectivity index (χ0) is 21.0. The van der Waals surface area contributed by atoms with Crippen molar-refractivity contribution in [1.82, 2.24) is 9.80 Å². The number of carbonyl (C=O) groups excluding carboxylic acids is 3. The molecule has 0 atom stereocenters. The van der Waals surface area contributed by atoms with Gasteiger partial charge in [-0.15, -0.1) is 0 Å². The highest BCUT2D eigenvalue weighted by atomic mass is 127. The van der Waals surface area contributed by atoms with Gasteiger partial charge in [-0.05, 0) is 84.8 Å². The number of halogens is 1. The van der Waals surface area contributed by atoms with E-state index in [-0.39, 0.29) is 12.5 Å². The molecule has 3 amide bonds. The molecule has 156 valence electrons. The van der Waals surface area contributed by atoms with Gasteiger partial charge in [-0.2, -0.15) is 0 Å². The molecule has 2 fully saturated rings. The Balaban J connectivity index is 1.80. The lowest BCUT2D eigenvalue weighted by atomic mass is 10.2. The summed E-state index contributed by atoms with van der Waals surface area (Å²) >= 11 is 3.01. The highest BCUT2D eigenvalue weighted by molar-refractivity contribution is 14.1. The maximum absolute atomic E-state index is 12.7. The van der Waals surface area contributed by atoms with Crippen LogP contribution in [0.1, 0.15) is 32.3 Å². The predicted octanol–water partition coefficient (Wildman–Crippen LogP) is 3.75. The van der Waals surface area contributed by atoms with E-state index in [0.29, 0.717) is 42.7 Å². The quantitative estimate of drug-likeness (QED) is 0.395. The Morgan fingerprint density at radius 1 is 1.17 bits per heavy atom. The molecule has 9 heteroatoms. The van der Waals surface area contributed by atoms with E-state index in [0.717, 1.165) is 38.6 Å². The lowest BCUT2D eigenvalue weighted by molar-refractivity contribution is -0.135. The number of hydrogen-bond donors (Lipinski definition) is 0. The number of amides is 3. The number of thioether (sulfide) groups is 1. The van der Waals surface area contributed by atoms with Crippen molar-refractivity contribution in [3.8, 4) is 11.5 Å². The molecule has 0 radical (unpaired) electrons. The van der Waals surface area contributed by atoms with Gasteiger partial charge < -0.3 is 14.4 Å². The number of nitrogens with zero attached hydrogens (tertiary/aromatic N) is 2. The van der Waals surface area contributed by atoms with E-state index >= 15 is 0 Å². The van der Waals surface area contributed by atoms with Crippen LogP contribution in [0.2, 0.25) is 0 Å². The van der Waals surface area contributed by atoms with Crippen molar-refractivity contribution in [2.75, 3.05) is 32.8 Å². The molecule has 0 bridgehead atoms. The van der Waals surface area contributed by atoms with Crippen LogP contribution in [-0.2, 0) is 9.59 Å². The smallest absolute Gasteiger partial charge is 0.294 e. The fraction of sp³-hybridized carbons (Fsp3) is 0.450. The third kappa shape index (κ3) is 5.06. The molecule has 2 saturated heterocycles. The molecule has 2 aliphatic rings. The van der Waals surface area contributed by atoms with Crippen LogP contribution >= 0.6 is 34.4 Å². The van der Waals surface area contributed by atoms with E-state index in [9.17, 15) is 14.4 Å². The zero-order valence-corrected chi connectivity index (χ0v) is 19.4. The lowest BCUT2D eigenvalue weighted by Gasteiger charge is -2.18. The van der Waals surface area contributed by atoms with Crippen molar-refractivity contribution >= 4 is 57.5 Å². The van der Waals surface area contributed by atoms with Gasteiger partial charge in [-0.25, -0.2) is 0 Å². The van der Waals surface area contributed by atoms with Crippen molar-refractivity contribution in [3.05, 3.63) is 26.2 Å². The minimum Gasteiger partial charge on any atom is -0.490 e. The number of imide groups is 1. The van der Waals surface area contributed by atoms with Crippen LogP contribution in [0.5, 0.6) is 11.5 Å². The van der Waals surface area contributed by atoms with Crippen LogP contribution in [-0.4, -0.2) is 59.7 Å². The van der Waals surface area contributed by atoms with E-state index in [4.69, 9.17) is 9.47 Å². The van der Waals surface area contributed by atoms with Crippen molar-refractivity contribution < 1.29 is 23.9 Å². The first-order valence-electron chi connectivity index (χ1n) is 9.56. The Labute approximate surface area is 187 Å². The van der Waals surface area contributed by atoms with E-state index in [2.05, 4.69) is 22.6 Å². The summed E-state index contributed by atoms with van der Waals surface area (Å²) in [4.78, 5) is 40.4. The number of carbonyl (C=O) groups is 3. The third-order valence-corrected chi connectivity index (χ3v) is 6.25. The minimum absolute atomic E-state index is 0.180. The monoisotopic (exact) mass is 530 g/mol. The summed E-state index contributed by atoms with van der Waals surface area (Å²) in [5.74, 6) is 0.641. The van der Waals surface area contributed by atoms with E-state index < -0.39 is 11.1 Å². The summed E-state index contributed by atoms with van der Waals surface area (Å²) < 4.78 is 12.2. The van der Waals surface area contributed by atoms with E-state index in [1.165, 1.54) is 0 Å². The van der Waals surface area contributed by atoms with Crippen LogP contribution in [0.3, 0.4) is 0 Å². The van der Waals surface area contributed by atoms with Crippen LogP contribution in [0.25, 0.3) is 6.08 Å². The summed E-state index contributed by atoms with van der Waals surface area (Å²) in [6.07, 6.45) is 3.59. The lowest BCUT2D eigenvalue weighted by Crippen LogP contribution is -2.40. The second-order valence-corrected chi connectivity index (χ2v) is 8.71. The molecule has 0 unspecified atom stereocenters. The standard InChI is InChI=1S/C20H23IN2O5S/c1-3-27-15-10-13(9-14(21)18(15)28-4-2)11-16-19(25)23(20(26)29-16)12-17(24)22-7-5-6-8-22/h9-11H,3-8,12H2,1-2H3/b16-11+. The first-order chi connectivity index (χ1) is 13.9. The summed E-state index contributed by atoms with van der Waals surface area (Å²) in [7, 11) is 0. The molecule has 2 aliphatic heterocycles. The summed E-state index contributed by atoms with van der Waals surface area (Å²) in [5.41, 5.74) is 0.734. The van der Waals surface area contributed by atoms with Crippen molar-refractivity contribution in [2.24, 2.45) is 0 Å². The molecule has 0 saturated carbocycles. The SMILES string of the molecule is CCOc1cc(/C=C2/SC(=O)N(CC(=O)N3CCCC3)C2=O)cc(I)c1OCC. The number of likely N-dealkylation sites (tertiary alicyclic amines) is 1. The average molecular weight is 530 g/mol. The highest BCUT2D eigenvalue weighted by Crippen LogP contribution is 2.37. The number of hydrogen-bond acceptors (Lipinski definition) is 6. The summed E-state index contributed by atoms with van der Waals surface area (Å²) in [6.45, 7) is 5.96. The molecule has 0 aliphatic carbocycles. The number of benzene rings is 1. The first kappa shape index (κ1) is 21.9. The molecular formula is C20H23IN2O5S. The van der Waals surface area contributed by atoms with Crippen molar-refractivity contribution in [1.29, 1.82) is 0 Å². The van der Waals surface area contributed by atoms with E-state index in [1.807, 2.05) is 19.9 Å². The molecule has 0 aromatic heterocycles.